The fourth-order valence-electron chi connectivity index (χ4n) is 2.62. The Balaban J connectivity index is 1.91. The van der Waals surface area contributed by atoms with Crippen LogP contribution < -0.4 is 16.4 Å². The first-order valence-electron chi connectivity index (χ1n) is 9.51. The number of aryl methyl sites for hydroxylation is 1. The number of carbonyl (C=O) groups is 1. The number of halogens is 1. The van der Waals surface area contributed by atoms with Crippen LogP contribution >= 0.6 is 11.3 Å². The zero-order valence-electron chi connectivity index (χ0n) is 16.4. The monoisotopic (exact) mass is 405 g/mol. The first-order chi connectivity index (χ1) is 13.5. The van der Waals surface area contributed by atoms with Crippen LogP contribution in [0.4, 0.5) is 4.39 Å². The molecular formula is C20H28FN5OS. The fraction of sp³-hybridized carbons (Fsp3) is 0.450. The van der Waals surface area contributed by atoms with Gasteiger partial charge in [0.1, 0.15) is 5.82 Å². The number of primary amides is 1. The Morgan fingerprint density at radius 1 is 1.29 bits per heavy atom. The Hall–Kier alpha value is -2.48. The van der Waals surface area contributed by atoms with Gasteiger partial charge in [-0.3, -0.25) is 9.79 Å². The van der Waals surface area contributed by atoms with E-state index in [0.717, 1.165) is 23.4 Å². The molecule has 1 unspecified atom stereocenters. The summed E-state index contributed by atoms with van der Waals surface area (Å²) in [5, 5.41) is 7.53. The molecule has 2 rings (SSSR count). The molecule has 4 N–H and O–H groups in total. The summed E-state index contributed by atoms with van der Waals surface area (Å²) >= 11 is 1.72. The van der Waals surface area contributed by atoms with Crippen molar-refractivity contribution in [3.05, 3.63) is 51.7 Å². The van der Waals surface area contributed by atoms with Gasteiger partial charge < -0.3 is 16.4 Å². The Labute approximate surface area is 169 Å². The van der Waals surface area contributed by atoms with Crippen molar-refractivity contribution in [1.82, 2.24) is 15.6 Å². The van der Waals surface area contributed by atoms with Gasteiger partial charge in [-0.1, -0.05) is 19.1 Å². The molecule has 0 aliphatic heterocycles. The summed E-state index contributed by atoms with van der Waals surface area (Å²) in [7, 11) is 0. The van der Waals surface area contributed by atoms with E-state index in [1.54, 1.807) is 23.5 Å². The quantitative estimate of drug-likeness (QED) is 0.418. The predicted octanol–water partition coefficient (Wildman–Crippen LogP) is 2.29. The molecule has 8 heteroatoms. The maximum Gasteiger partial charge on any atom is 0.222 e. The van der Waals surface area contributed by atoms with E-state index in [4.69, 9.17) is 5.73 Å². The number of amides is 1. The van der Waals surface area contributed by atoms with Crippen molar-refractivity contribution in [2.75, 3.05) is 19.6 Å². The van der Waals surface area contributed by atoms with E-state index in [-0.39, 0.29) is 12.4 Å². The van der Waals surface area contributed by atoms with Gasteiger partial charge in [0.15, 0.2) is 5.96 Å². The molecule has 0 aliphatic rings. The number of nitrogens with one attached hydrogen (secondary N) is 2. The van der Waals surface area contributed by atoms with E-state index >= 15 is 0 Å². The van der Waals surface area contributed by atoms with Crippen molar-refractivity contribution >= 4 is 23.2 Å². The minimum absolute atomic E-state index is 0.263. The Kier molecular flexibility index (Phi) is 8.87. The molecule has 0 bridgehead atoms. The third-order valence-electron chi connectivity index (χ3n) is 4.19. The Bertz CT molecular complexity index is 775. The van der Waals surface area contributed by atoms with Crippen LogP contribution in [0.5, 0.6) is 0 Å². The molecule has 1 heterocycles. The van der Waals surface area contributed by atoms with E-state index in [2.05, 4.69) is 27.5 Å². The number of rotatable bonds is 10. The van der Waals surface area contributed by atoms with Crippen LogP contribution in [-0.4, -0.2) is 36.5 Å². The molecule has 2 aromatic rings. The molecule has 1 aromatic carbocycles. The lowest BCUT2D eigenvalue weighted by molar-refractivity contribution is -0.121. The topological polar surface area (TPSA) is 92.4 Å². The summed E-state index contributed by atoms with van der Waals surface area (Å²) in [5.74, 6) is -0.534. The first kappa shape index (κ1) is 21.8. The Morgan fingerprint density at radius 3 is 2.64 bits per heavy atom. The van der Waals surface area contributed by atoms with E-state index < -0.39 is 11.8 Å². The second-order valence-electron chi connectivity index (χ2n) is 6.40. The van der Waals surface area contributed by atoms with E-state index in [1.165, 1.54) is 17.0 Å². The lowest BCUT2D eigenvalue weighted by Gasteiger charge is -2.14. The maximum absolute atomic E-state index is 13.1. The van der Waals surface area contributed by atoms with Crippen LogP contribution in [-0.2, 0) is 24.1 Å². The molecule has 6 nitrogen and oxygen atoms in total. The van der Waals surface area contributed by atoms with Gasteiger partial charge in [0, 0.05) is 30.6 Å². The molecule has 0 fully saturated rings. The summed E-state index contributed by atoms with van der Waals surface area (Å²) in [6.45, 7) is 5.77. The van der Waals surface area contributed by atoms with Crippen LogP contribution in [0.1, 0.15) is 29.3 Å². The first-order valence-corrected chi connectivity index (χ1v) is 10.3. The molecular weight excluding hydrogens is 377 g/mol. The van der Waals surface area contributed by atoms with Gasteiger partial charge in [0.05, 0.1) is 17.5 Å². The highest BCUT2D eigenvalue weighted by Crippen LogP contribution is 2.13. The average Bonchev–Trinajstić information content (AvgIpc) is 3.14. The predicted molar refractivity (Wildman–Crippen MR) is 112 cm³/mol. The van der Waals surface area contributed by atoms with Gasteiger partial charge >= 0.3 is 0 Å². The zero-order chi connectivity index (χ0) is 20.4. The van der Waals surface area contributed by atoms with E-state index in [9.17, 15) is 9.18 Å². The average molecular weight is 406 g/mol. The van der Waals surface area contributed by atoms with Crippen LogP contribution in [0.25, 0.3) is 0 Å². The molecule has 152 valence electrons. The van der Waals surface area contributed by atoms with Gasteiger partial charge in [-0.05, 0) is 37.5 Å². The third kappa shape index (κ3) is 7.26. The molecule has 0 aliphatic carbocycles. The number of aliphatic imine (C=N–C) groups is 1. The normalized spacial score (nSPS) is 12.6. The van der Waals surface area contributed by atoms with Crippen molar-refractivity contribution in [3.63, 3.8) is 0 Å². The second-order valence-corrected chi connectivity index (χ2v) is 7.60. The molecule has 1 atom stereocenters. The summed E-state index contributed by atoms with van der Waals surface area (Å²) in [4.78, 5) is 22.0. The van der Waals surface area contributed by atoms with Crippen molar-refractivity contribution in [2.24, 2.45) is 16.6 Å². The lowest BCUT2D eigenvalue weighted by Crippen LogP contribution is -2.39. The number of aromatic nitrogens is 1. The number of guanidine groups is 1. The summed E-state index contributed by atoms with van der Waals surface area (Å²) < 4.78 is 13.1. The van der Waals surface area contributed by atoms with Crippen molar-refractivity contribution in [1.29, 1.82) is 0 Å². The summed E-state index contributed by atoms with van der Waals surface area (Å²) in [5.41, 5.74) is 6.39. The van der Waals surface area contributed by atoms with Crippen molar-refractivity contribution in [2.45, 2.75) is 33.1 Å². The van der Waals surface area contributed by atoms with Crippen LogP contribution in [0.3, 0.4) is 0 Å². The fourth-order valence-corrected chi connectivity index (χ4v) is 3.48. The zero-order valence-corrected chi connectivity index (χ0v) is 17.2. The highest BCUT2D eigenvalue weighted by molar-refractivity contribution is 7.11. The number of nitrogens with zero attached hydrogens (tertiary/aromatic N) is 2. The van der Waals surface area contributed by atoms with Crippen LogP contribution in [0.15, 0.2) is 35.5 Å². The van der Waals surface area contributed by atoms with Gasteiger partial charge in [0.2, 0.25) is 5.91 Å². The molecule has 28 heavy (non-hydrogen) atoms. The van der Waals surface area contributed by atoms with Crippen molar-refractivity contribution < 1.29 is 9.18 Å². The van der Waals surface area contributed by atoms with E-state index in [1.807, 2.05) is 13.1 Å². The number of benzene rings is 1. The SMILES string of the molecule is CCNC(=NCC(Cc1ccc(F)cc1)C(N)=O)NCCc1ncc(CC)s1. The van der Waals surface area contributed by atoms with Crippen LogP contribution in [0.2, 0.25) is 0 Å². The van der Waals surface area contributed by atoms with E-state index in [0.29, 0.717) is 25.5 Å². The molecule has 0 spiro atoms. The second kappa shape index (κ2) is 11.4. The molecule has 0 saturated carbocycles. The number of hydrogen-bond acceptors (Lipinski definition) is 4. The molecule has 1 aromatic heterocycles. The van der Waals surface area contributed by atoms with Crippen LogP contribution in [0, 0.1) is 11.7 Å². The minimum Gasteiger partial charge on any atom is -0.369 e. The standard InChI is InChI=1S/C20H28FN5OS/c1-3-17-13-25-18(28-17)9-10-24-20(23-4-2)26-12-15(19(22)27)11-14-5-7-16(21)8-6-14/h5-8,13,15H,3-4,9-12H2,1-2H3,(H2,22,27)(H2,23,24,26). The number of nitrogens with two attached hydrogens (primary N) is 1. The van der Waals surface area contributed by atoms with Gasteiger partial charge in [-0.15, -0.1) is 11.3 Å². The molecule has 0 radical (unpaired) electrons. The molecule has 0 saturated heterocycles. The number of carbonyl (C=O) groups excluding carboxylic acids is 1. The lowest BCUT2D eigenvalue weighted by atomic mass is 9.99. The van der Waals surface area contributed by atoms with Gasteiger partial charge in [0.25, 0.3) is 0 Å². The smallest absolute Gasteiger partial charge is 0.222 e. The Morgan fingerprint density at radius 2 is 2.04 bits per heavy atom. The van der Waals surface area contributed by atoms with Gasteiger partial charge in [-0.25, -0.2) is 9.37 Å². The third-order valence-corrected chi connectivity index (χ3v) is 5.39. The number of thiazole rings is 1. The van der Waals surface area contributed by atoms with Gasteiger partial charge in [-0.2, -0.15) is 0 Å². The highest BCUT2D eigenvalue weighted by Gasteiger charge is 2.16. The number of hydrogen-bond donors (Lipinski definition) is 3. The summed E-state index contributed by atoms with van der Waals surface area (Å²) in [6.07, 6.45) is 4.16. The maximum atomic E-state index is 13.1. The highest BCUT2D eigenvalue weighted by atomic mass is 32.1. The molecule has 1 amide bonds. The largest absolute Gasteiger partial charge is 0.369 e. The van der Waals surface area contributed by atoms with Crippen molar-refractivity contribution in [3.8, 4) is 0 Å². The summed E-state index contributed by atoms with van der Waals surface area (Å²) in [6, 6.07) is 6.09. The minimum atomic E-state index is -0.452.